The number of nitriles is 1. The second kappa shape index (κ2) is 10.7. The van der Waals surface area contributed by atoms with E-state index in [2.05, 4.69) is 165 Å². The molecule has 0 unspecified atom stereocenters. The maximum absolute atomic E-state index is 11.2. The van der Waals surface area contributed by atoms with Crippen molar-refractivity contribution in [2.24, 2.45) is 0 Å². The molecule has 3 heterocycles. The quantitative estimate of drug-likeness (QED) is 0.197. The molecule has 0 fully saturated rings. The number of rotatable bonds is 3. The molecular formula is C44H38N4. The molecule has 0 aliphatic heterocycles. The molecule has 0 spiro atoms. The Morgan fingerprint density at radius 1 is 0.521 bits per heavy atom. The van der Waals surface area contributed by atoms with Gasteiger partial charge in [-0.1, -0.05) is 96.1 Å². The van der Waals surface area contributed by atoms with Gasteiger partial charge in [0.1, 0.15) is 11.6 Å². The molecule has 0 saturated carbocycles. The van der Waals surface area contributed by atoms with Gasteiger partial charge in [-0.05, 0) is 82.1 Å². The number of pyridine rings is 1. The zero-order valence-corrected chi connectivity index (χ0v) is 28.3. The Hall–Kier alpha value is -5.66. The minimum Gasteiger partial charge on any atom is -0.308 e. The van der Waals surface area contributed by atoms with Crippen LogP contribution in [-0.2, 0) is 10.8 Å². The molecule has 4 heteroatoms. The standard InChI is InChI=1S/C44H38N4/c1-43(2,3)30-17-19-39-34(24-30)32-13-7-9-15-37(32)47(39)41-22-29(28-12-11-21-46-27-28)23-42(36(41)26-45)48-38-16-10-8-14-33(38)35-25-31(44(4,5)6)18-20-40(35)48/h7-25,27H,1-6H3. The first-order valence-corrected chi connectivity index (χ1v) is 16.6. The predicted molar refractivity (Wildman–Crippen MR) is 200 cm³/mol. The third-order valence-electron chi connectivity index (χ3n) is 9.76. The van der Waals surface area contributed by atoms with E-state index in [1.54, 1.807) is 6.20 Å². The Bertz CT molecular complexity index is 2430. The zero-order valence-electron chi connectivity index (χ0n) is 28.3. The van der Waals surface area contributed by atoms with Gasteiger partial charge in [0.2, 0.25) is 0 Å². The summed E-state index contributed by atoms with van der Waals surface area (Å²) < 4.78 is 4.56. The average molecular weight is 623 g/mol. The smallest absolute Gasteiger partial charge is 0.104 e. The topological polar surface area (TPSA) is 46.5 Å². The lowest BCUT2D eigenvalue weighted by Crippen LogP contribution is -2.10. The van der Waals surface area contributed by atoms with Gasteiger partial charge in [0.05, 0.1) is 33.4 Å². The highest BCUT2D eigenvalue weighted by Gasteiger charge is 2.24. The van der Waals surface area contributed by atoms with Gasteiger partial charge >= 0.3 is 0 Å². The van der Waals surface area contributed by atoms with Crippen molar-refractivity contribution in [2.45, 2.75) is 52.4 Å². The number of fused-ring (bicyclic) bond motifs is 6. The van der Waals surface area contributed by atoms with Crippen LogP contribution in [0.4, 0.5) is 0 Å². The van der Waals surface area contributed by atoms with Gasteiger partial charge < -0.3 is 9.13 Å². The highest BCUT2D eigenvalue weighted by atomic mass is 15.0. The molecular weight excluding hydrogens is 585 g/mol. The van der Waals surface area contributed by atoms with Gasteiger partial charge in [0, 0.05) is 39.5 Å². The van der Waals surface area contributed by atoms with Crippen LogP contribution in [0.2, 0.25) is 0 Å². The molecule has 3 aromatic heterocycles. The summed E-state index contributed by atoms with van der Waals surface area (Å²) in [6.45, 7) is 13.5. The molecule has 0 radical (unpaired) electrons. The molecule has 0 bridgehead atoms. The fraction of sp³-hybridized carbons (Fsp3) is 0.182. The maximum atomic E-state index is 11.2. The Morgan fingerprint density at radius 2 is 1.00 bits per heavy atom. The van der Waals surface area contributed by atoms with Gasteiger partial charge in [-0.25, -0.2) is 0 Å². The van der Waals surface area contributed by atoms with Crippen molar-refractivity contribution in [2.75, 3.05) is 0 Å². The summed E-state index contributed by atoms with van der Waals surface area (Å²) in [6.07, 6.45) is 3.70. The minimum absolute atomic E-state index is 0.00595. The predicted octanol–water partition coefficient (Wildman–Crippen LogP) is 11.4. The van der Waals surface area contributed by atoms with Crippen LogP contribution < -0.4 is 0 Å². The third-order valence-corrected chi connectivity index (χ3v) is 9.76. The highest BCUT2D eigenvalue weighted by molar-refractivity contribution is 6.11. The monoisotopic (exact) mass is 622 g/mol. The summed E-state index contributed by atoms with van der Waals surface area (Å²) in [5.41, 5.74) is 11.2. The summed E-state index contributed by atoms with van der Waals surface area (Å²) in [6, 6.07) is 41.7. The first kappa shape index (κ1) is 29.7. The van der Waals surface area contributed by atoms with Crippen molar-refractivity contribution in [3.8, 4) is 28.6 Å². The van der Waals surface area contributed by atoms with Crippen molar-refractivity contribution >= 4 is 43.6 Å². The van der Waals surface area contributed by atoms with Crippen molar-refractivity contribution in [3.63, 3.8) is 0 Å². The molecule has 0 aliphatic carbocycles. The Labute approximate surface area is 281 Å². The summed E-state index contributed by atoms with van der Waals surface area (Å²) >= 11 is 0. The Morgan fingerprint density at radius 3 is 1.44 bits per heavy atom. The van der Waals surface area contributed by atoms with Gasteiger partial charge in [-0.3, -0.25) is 4.98 Å². The first-order chi connectivity index (χ1) is 23.0. The van der Waals surface area contributed by atoms with E-state index in [1.165, 1.54) is 32.7 Å². The molecule has 0 aliphatic rings. The molecule has 48 heavy (non-hydrogen) atoms. The lowest BCUT2D eigenvalue weighted by Gasteiger charge is -2.20. The van der Waals surface area contributed by atoms with E-state index in [-0.39, 0.29) is 10.8 Å². The molecule has 234 valence electrons. The molecule has 4 nitrogen and oxygen atoms in total. The van der Waals surface area contributed by atoms with Gasteiger partial charge in [0.25, 0.3) is 0 Å². The molecule has 0 amide bonds. The third kappa shape index (κ3) is 4.61. The van der Waals surface area contributed by atoms with E-state index < -0.39 is 0 Å². The van der Waals surface area contributed by atoms with Gasteiger partial charge in [-0.15, -0.1) is 0 Å². The summed E-state index contributed by atoms with van der Waals surface area (Å²) in [5.74, 6) is 0. The van der Waals surface area contributed by atoms with Crippen molar-refractivity contribution in [1.29, 1.82) is 5.26 Å². The van der Waals surface area contributed by atoms with Crippen LogP contribution in [0.5, 0.6) is 0 Å². The minimum atomic E-state index is 0.00595. The van der Waals surface area contributed by atoms with E-state index in [0.717, 1.165) is 44.6 Å². The van der Waals surface area contributed by atoms with Crippen LogP contribution in [0, 0.1) is 11.3 Å². The highest BCUT2D eigenvalue weighted by Crippen LogP contribution is 2.41. The number of benzene rings is 5. The van der Waals surface area contributed by atoms with E-state index in [0.29, 0.717) is 5.56 Å². The van der Waals surface area contributed by atoms with Crippen LogP contribution in [-0.4, -0.2) is 14.1 Å². The van der Waals surface area contributed by atoms with Crippen molar-refractivity contribution in [3.05, 3.63) is 138 Å². The summed E-state index contributed by atoms with van der Waals surface area (Å²) in [7, 11) is 0. The van der Waals surface area contributed by atoms with E-state index in [1.807, 2.05) is 12.3 Å². The number of hydrogen-bond acceptors (Lipinski definition) is 2. The maximum Gasteiger partial charge on any atom is 0.104 e. The second-order valence-corrected chi connectivity index (χ2v) is 14.9. The van der Waals surface area contributed by atoms with Crippen LogP contribution in [0.25, 0.3) is 66.1 Å². The van der Waals surface area contributed by atoms with Crippen LogP contribution >= 0.6 is 0 Å². The van der Waals surface area contributed by atoms with E-state index in [9.17, 15) is 5.26 Å². The molecule has 8 rings (SSSR count). The van der Waals surface area contributed by atoms with Crippen molar-refractivity contribution < 1.29 is 0 Å². The molecule has 0 saturated heterocycles. The van der Waals surface area contributed by atoms with Crippen LogP contribution in [0.3, 0.4) is 0 Å². The Kier molecular flexibility index (Phi) is 6.62. The lowest BCUT2D eigenvalue weighted by atomic mass is 9.86. The fourth-order valence-corrected chi connectivity index (χ4v) is 7.18. The number of nitrogens with zero attached hydrogens (tertiary/aromatic N) is 4. The van der Waals surface area contributed by atoms with Crippen LogP contribution in [0.1, 0.15) is 58.2 Å². The number of para-hydroxylation sites is 2. The van der Waals surface area contributed by atoms with Crippen molar-refractivity contribution in [1.82, 2.24) is 14.1 Å². The van der Waals surface area contributed by atoms with Gasteiger partial charge in [-0.2, -0.15) is 5.26 Å². The molecule has 0 atom stereocenters. The Balaban J connectivity index is 1.53. The number of hydrogen-bond donors (Lipinski definition) is 0. The molecule has 5 aromatic carbocycles. The number of aromatic nitrogens is 3. The van der Waals surface area contributed by atoms with E-state index in [4.69, 9.17) is 0 Å². The lowest BCUT2D eigenvalue weighted by molar-refractivity contribution is 0.591. The zero-order chi connectivity index (χ0) is 33.4. The summed E-state index contributed by atoms with van der Waals surface area (Å²) in [5, 5.41) is 15.9. The molecule has 8 aromatic rings. The molecule has 0 N–H and O–H groups in total. The normalized spacial score (nSPS) is 12.4. The van der Waals surface area contributed by atoms with Crippen LogP contribution in [0.15, 0.2) is 122 Å². The summed E-state index contributed by atoms with van der Waals surface area (Å²) in [4.78, 5) is 4.47. The van der Waals surface area contributed by atoms with E-state index >= 15 is 0 Å². The second-order valence-electron chi connectivity index (χ2n) is 14.9. The average Bonchev–Trinajstić information content (AvgIpc) is 3.59. The first-order valence-electron chi connectivity index (χ1n) is 16.6. The SMILES string of the molecule is CC(C)(C)c1ccc2c(c1)c1ccccc1n2-c1cc(-c2cccnc2)cc(-n2c3ccccc3c3cc(C(C)(C)C)ccc32)c1C#N. The largest absolute Gasteiger partial charge is 0.308 e. The van der Waals surface area contributed by atoms with Gasteiger partial charge in [0.15, 0.2) is 0 Å². The fourth-order valence-electron chi connectivity index (χ4n) is 7.18.